The van der Waals surface area contributed by atoms with Gasteiger partial charge in [0.1, 0.15) is 0 Å². The molecule has 0 fully saturated rings. The molecule has 0 aliphatic carbocycles. The first-order valence-electron chi connectivity index (χ1n) is 7.85. The number of methoxy groups -OCH3 is 1. The Morgan fingerprint density at radius 2 is 1.62 bits per heavy atom. The van der Waals surface area contributed by atoms with E-state index in [9.17, 15) is 0 Å². The van der Waals surface area contributed by atoms with Crippen LogP contribution < -0.4 is 9.47 Å². The highest BCUT2D eigenvalue weighted by Gasteiger charge is 2.12. The highest BCUT2D eigenvalue weighted by Crippen LogP contribution is 2.32. The first-order valence-corrected chi connectivity index (χ1v) is 7.85. The minimum atomic E-state index is 0.323. The van der Waals surface area contributed by atoms with Gasteiger partial charge in [0.05, 0.1) is 6.61 Å². The summed E-state index contributed by atoms with van der Waals surface area (Å²) in [5, 5.41) is 0. The highest BCUT2D eigenvalue weighted by molar-refractivity contribution is 5.44. The quantitative estimate of drug-likeness (QED) is 0.580. The number of benzene rings is 1. The summed E-state index contributed by atoms with van der Waals surface area (Å²) in [4.78, 5) is 0. The summed E-state index contributed by atoms with van der Waals surface area (Å²) < 4.78 is 21.4. The molecule has 1 aliphatic heterocycles. The van der Waals surface area contributed by atoms with Gasteiger partial charge in [0.25, 0.3) is 0 Å². The molecule has 0 N–H and O–H groups in total. The van der Waals surface area contributed by atoms with Crippen LogP contribution in [0.25, 0.3) is 0 Å². The van der Waals surface area contributed by atoms with Crippen molar-refractivity contribution in [1.82, 2.24) is 0 Å². The minimum absolute atomic E-state index is 0.323. The number of ether oxygens (including phenoxy) is 4. The molecule has 0 saturated heterocycles. The number of fused-ring (bicyclic) bond motifs is 1. The van der Waals surface area contributed by atoms with Crippen LogP contribution >= 0.6 is 0 Å². The predicted octanol–water partition coefficient (Wildman–Crippen LogP) is 3.92. The monoisotopic (exact) mass is 294 g/mol. The van der Waals surface area contributed by atoms with Gasteiger partial charge in [0, 0.05) is 20.3 Å². The van der Waals surface area contributed by atoms with Crippen molar-refractivity contribution in [3.8, 4) is 11.5 Å². The summed E-state index contributed by atoms with van der Waals surface area (Å²) in [5.41, 5.74) is 1.14. The maximum Gasteiger partial charge on any atom is 0.231 e. The standard InChI is InChI=1S/C17H26O4/c1-18-10-6-4-2-3-5-7-11-19-13-15-8-9-16-17(12-15)21-14-20-16/h8-9,12H,2-7,10-11,13-14H2,1H3. The molecule has 0 atom stereocenters. The van der Waals surface area contributed by atoms with Crippen LogP contribution in [0.3, 0.4) is 0 Å². The van der Waals surface area contributed by atoms with Crippen LogP contribution in [0.15, 0.2) is 18.2 Å². The third-order valence-electron chi connectivity index (χ3n) is 3.59. The summed E-state index contributed by atoms with van der Waals surface area (Å²) in [7, 11) is 1.76. The zero-order valence-electron chi connectivity index (χ0n) is 12.9. The third-order valence-corrected chi connectivity index (χ3v) is 3.59. The molecular formula is C17H26O4. The highest BCUT2D eigenvalue weighted by atomic mass is 16.7. The first-order chi connectivity index (χ1) is 10.4. The lowest BCUT2D eigenvalue weighted by atomic mass is 10.1. The third kappa shape index (κ3) is 5.94. The van der Waals surface area contributed by atoms with E-state index in [0.29, 0.717) is 13.4 Å². The normalized spacial score (nSPS) is 12.8. The van der Waals surface area contributed by atoms with Crippen LogP contribution in [0.1, 0.15) is 44.1 Å². The van der Waals surface area contributed by atoms with Crippen molar-refractivity contribution < 1.29 is 18.9 Å². The van der Waals surface area contributed by atoms with E-state index in [1.807, 2.05) is 18.2 Å². The Morgan fingerprint density at radius 1 is 0.905 bits per heavy atom. The minimum Gasteiger partial charge on any atom is -0.454 e. The van der Waals surface area contributed by atoms with Crippen LogP contribution in [0.4, 0.5) is 0 Å². The molecule has 0 saturated carbocycles. The summed E-state index contributed by atoms with van der Waals surface area (Å²) >= 11 is 0. The molecule has 1 aromatic carbocycles. The molecule has 0 aromatic heterocycles. The van der Waals surface area contributed by atoms with Gasteiger partial charge in [-0.05, 0) is 30.5 Å². The van der Waals surface area contributed by atoms with Crippen molar-refractivity contribution in [3.63, 3.8) is 0 Å². The average Bonchev–Trinajstić information content (AvgIpc) is 2.97. The van der Waals surface area contributed by atoms with Crippen LogP contribution in [0.5, 0.6) is 11.5 Å². The van der Waals surface area contributed by atoms with Gasteiger partial charge in [0.2, 0.25) is 6.79 Å². The molecule has 0 radical (unpaired) electrons. The molecule has 4 heteroatoms. The van der Waals surface area contributed by atoms with Gasteiger partial charge in [0.15, 0.2) is 11.5 Å². The number of unbranched alkanes of at least 4 members (excludes halogenated alkanes) is 5. The molecule has 0 spiro atoms. The van der Waals surface area contributed by atoms with E-state index in [1.165, 1.54) is 32.1 Å². The Hall–Kier alpha value is -1.26. The molecule has 0 amide bonds. The van der Waals surface area contributed by atoms with E-state index >= 15 is 0 Å². The lowest BCUT2D eigenvalue weighted by Gasteiger charge is -2.05. The molecule has 118 valence electrons. The van der Waals surface area contributed by atoms with Crippen molar-refractivity contribution >= 4 is 0 Å². The van der Waals surface area contributed by atoms with E-state index in [0.717, 1.165) is 36.7 Å². The zero-order valence-corrected chi connectivity index (χ0v) is 12.9. The summed E-state index contributed by atoms with van der Waals surface area (Å²) in [6.45, 7) is 2.68. The molecule has 21 heavy (non-hydrogen) atoms. The van der Waals surface area contributed by atoms with E-state index in [4.69, 9.17) is 18.9 Å². The maximum atomic E-state index is 5.71. The number of hydrogen-bond acceptors (Lipinski definition) is 4. The van der Waals surface area contributed by atoms with Gasteiger partial charge in [-0.3, -0.25) is 0 Å². The molecule has 1 aromatic rings. The van der Waals surface area contributed by atoms with Crippen molar-refractivity contribution in [2.45, 2.75) is 45.1 Å². The second kappa shape index (κ2) is 9.64. The van der Waals surface area contributed by atoms with E-state index in [1.54, 1.807) is 7.11 Å². The van der Waals surface area contributed by atoms with Crippen LogP contribution in [-0.2, 0) is 16.1 Å². The summed E-state index contributed by atoms with van der Waals surface area (Å²) in [6.07, 6.45) is 7.41. The molecular weight excluding hydrogens is 268 g/mol. The van der Waals surface area contributed by atoms with E-state index < -0.39 is 0 Å². The lowest BCUT2D eigenvalue weighted by molar-refractivity contribution is 0.116. The molecule has 2 rings (SSSR count). The molecule has 4 nitrogen and oxygen atoms in total. The van der Waals surface area contributed by atoms with Crippen LogP contribution in [0.2, 0.25) is 0 Å². The van der Waals surface area contributed by atoms with Gasteiger partial charge in [-0.2, -0.15) is 0 Å². The molecule has 1 heterocycles. The summed E-state index contributed by atoms with van der Waals surface area (Å²) in [6, 6.07) is 5.97. The predicted molar refractivity (Wildman–Crippen MR) is 81.8 cm³/mol. The fraction of sp³-hybridized carbons (Fsp3) is 0.647. The van der Waals surface area contributed by atoms with Gasteiger partial charge in [-0.15, -0.1) is 0 Å². The van der Waals surface area contributed by atoms with Crippen molar-refractivity contribution in [2.75, 3.05) is 27.1 Å². The van der Waals surface area contributed by atoms with Gasteiger partial charge in [-0.25, -0.2) is 0 Å². The Bertz CT molecular complexity index is 406. The van der Waals surface area contributed by atoms with E-state index in [2.05, 4.69) is 0 Å². The molecule has 1 aliphatic rings. The smallest absolute Gasteiger partial charge is 0.231 e. The van der Waals surface area contributed by atoms with Crippen molar-refractivity contribution in [1.29, 1.82) is 0 Å². The SMILES string of the molecule is COCCCCCCCCOCc1ccc2c(c1)OCO2. The largest absolute Gasteiger partial charge is 0.454 e. The van der Waals surface area contributed by atoms with Gasteiger partial charge in [-0.1, -0.05) is 31.7 Å². The Kier molecular flexibility index (Phi) is 7.39. The second-order valence-electron chi connectivity index (χ2n) is 5.35. The van der Waals surface area contributed by atoms with Crippen molar-refractivity contribution in [3.05, 3.63) is 23.8 Å². The Morgan fingerprint density at radius 3 is 2.43 bits per heavy atom. The Labute approximate surface area is 127 Å². The Balaban J connectivity index is 1.47. The maximum absolute atomic E-state index is 5.71. The zero-order chi connectivity index (χ0) is 14.8. The van der Waals surface area contributed by atoms with Gasteiger partial charge >= 0.3 is 0 Å². The topological polar surface area (TPSA) is 36.9 Å². The fourth-order valence-corrected chi connectivity index (χ4v) is 2.38. The number of hydrogen-bond donors (Lipinski definition) is 0. The lowest BCUT2D eigenvalue weighted by Crippen LogP contribution is -1.96. The number of rotatable bonds is 11. The second-order valence-corrected chi connectivity index (χ2v) is 5.35. The molecule has 0 unspecified atom stereocenters. The average molecular weight is 294 g/mol. The van der Waals surface area contributed by atoms with Crippen LogP contribution in [-0.4, -0.2) is 27.1 Å². The van der Waals surface area contributed by atoms with Crippen LogP contribution in [0, 0.1) is 0 Å². The summed E-state index contributed by atoms with van der Waals surface area (Å²) in [5.74, 6) is 1.65. The van der Waals surface area contributed by atoms with E-state index in [-0.39, 0.29) is 0 Å². The molecule has 0 bridgehead atoms. The van der Waals surface area contributed by atoms with Crippen molar-refractivity contribution in [2.24, 2.45) is 0 Å². The first kappa shape index (κ1) is 16.1. The fourth-order valence-electron chi connectivity index (χ4n) is 2.38. The van der Waals surface area contributed by atoms with Gasteiger partial charge < -0.3 is 18.9 Å².